The van der Waals surface area contributed by atoms with Gasteiger partial charge < -0.3 is 5.32 Å². The van der Waals surface area contributed by atoms with E-state index in [9.17, 15) is 4.79 Å². The van der Waals surface area contributed by atoms with E-state index in [4.69, 9.17) is 0 Å². The fraction of sp³-hybridized carbons (Fsp3) is 0.200. The molecule has 0 unspecified atom stereocenters. The fourth-order valence-corrected chi connectivity index (χ4v) is 4.83. The average molecular weight is 410 g/mol. The zero-order valence-corrected chi connectivity index (χ0v) is 17.4. The summed E-state index contributed by atoms with van der Waals surface area (Å²) in [5.74, 6) is 0.546. The molecule has 8 heteroatoms. The molecule has 1 amide bonds. The molecule has 0 aliphatic heterocycles. The van der Waals surface area contributed by atoms with E-state index in [0.29, 0.717) is 17.0 Å². The number of aromatic nitrogens is 4. The van der Waals surface area contributed by atoms with Gasteiger partial charge >= 0.3 is 0 Å². The number of hydrogen-bond acceptors (Lipinski definition) is 6. The predicted molar refractivity (Wildman–Crippen MR) is 114 cm³/mol. The second-order valence-corrected chi connectivity index (χ2v) is 8.54. The first-order valence-electron chi connectivity index (χ1n) is 8.75. The van der Waals surface area contributed by atoms with Crippen LogP contribution >= 0.6 is 23.1 Å². The molecule has 1 aromatic carbocycles. The lowest BCUT2D eigenvalue weighted by atomic mass is 10.1. The van der Waals surface area contributed by atoms with Gasteiger partial charge in [0.2, 0.25) is 0 Å². The largest absolute Gasteiger partial charge is 0.321 e. The van der Waals surface area contributed by atoms with Gasteiger partial charge in [0, 0.05) is 34.8 Å². The number of fused-ring (bicyclic) bond motifs is 1. The van der Waals surface area contributed by atoms with E-state index in [1.807, 2.05) is 56.6 Å². The van der Waals surface area contributed by atoms with E-state index in [2.05, 4.69) is 20.4 Å². The highest BCUT2D eigenvalue weighted by molar-refractivity contribution is 8.00. The summed E-state index contributed by atoms with van der Waals surface area (Å²) in [6, 6.07) is 9.57. The summed E-state index contributed by atoms with van der Waals surface area (Å²) in [5, 5.41) is 10.3. The molecule has 28 heavy (non-hydrogen) atoms. The van der Waals surface area contributed by atoms with Crippen LogP contribution in [0.15, 0.2) is 46.2 Å². The Kier molecular flexibility index (Phi) is 5.15. The molecule has 0 saturated carbocycles. The van der Waals surface area contributed by atoms with Crippen molar-refractivity contribution in [2.45, 2.75) is 23.9 Å². The van der Waals surface area contributed by atoms with E-state index in [1.165, 1.54) is 0 Å². The Morgan fingerprint density at radius 3 is 2.89 bits per heavy atom. The van der Waals surface area contributed by atoms with Crippen LogP contribution in [0.5, 0.6) is 0 Å². The highest BCUT2D eigenvalue weighted by atomic mass is 32.2. The number of pyridine rings is 1. The van der Waals surface area contributed by atoms with Crippen molar-refractivity contribution in [1.29, 1.82) is 0 Å². The fourth-order valence-electron chi connectivity index (χ4n) is 2.98. The van der Waals surface area contributed by atoms with E-state index in [1.54, 1.807) is 34.0 Å². The van der Waals surface area contributed by atoms with Gasteiger partial charge in [-0.05, 0) is 31.5 Å². The van der Waals surface area contributed by atoms with Crippen molar-refractivity contribution < 1.29 is 4.79 Å². The minimum absolute atomic E-state index is 0.144. The quantitative estimate of drug-likeness (QED) is 0.488. The number of rotatable bonds is 5. The van der Waals surface area contributed by atoms with Crippen LogP contribution in [-0.4, -0.2) is 25.7 Å². The predicted octanol–water partition coefficient (Wildman–Crippen LogP) is 4.59. The Bertz CT molecular complexity index is 1160. The van der Waals surface area contributed by atoms with E-state index >= 15 is 0 Å². The normalized spacial score (nSPS) is 11.1. The number of benzene rings is 1. The molecule has 3 heterocycles. The molecule has 6 nitrogen and oxygen atoms in total. The molecule has 0 atom stereocenters. The third-order valence-corrected chi connectivity index (χ3v) is 6.52. The minimum Gasteiger partial charge on any atom is -0.321 e. The Labute approximate surface area is 171 Å². The second-order valence-electron chi connectivity index (χ2n) is 6.46. The third-order valence-electron chi connectivity index (χ3n) is 4.33. The summed E-state index contributed by atoms with van der Waals surface area (Å²) in [6.45, 7) is 3.92. The number of hydrogen-bond donors (Lipinski definition) is 1. The number of anilines is 1. The molecule has 1 N–H and O–H groups in total. The topological polar surface area (TPSA) is 72.7 Å². The molecule has 0 fully saturated rings. The van der Waals surface area contributed by atoms with Crippen LogP contribution in [-0.2, 0) is 12.8 Å². The molecule has 0 aliphatic rings. The molecular formula is C20H19N5OS2. The number of aryl methyl sites for hydroxylation is 3. The number of nitrogens with zero attached hydrogens (tertiary/aromatic N) is 4. The zero-order valence-electron chi connectivity index (χ0n) is 15.8. The van der Waals surface area contributed by atoms with Gasteiger partial charge in [0.1, 0.15) is 4.34 Å². The maximum absolute atomic E-state index is 12.9. The van der Waals surface area contributed by atoms with Crippen molar-refractivity contribution in [2.75, 3.05) is 5.32 Å². The van der Waals surface area contributed by atoms with Gasteiger partial charge in [0.15, 0.2) is 5.65 Å². The number of carbonyl (C=O) groups excluding carboxylic acids is 1. The Morgan fingerprint density at radius 2 is 2.11 bits per heavy atom. The number of thiazole rings is 1. The maximum Gasteiger partial charge on any atom is 0.256 e. The van der Waals surface area contributed by atoms with Crippen molar-refractivity contribution in [3.05, 3.63) is 64.4 Å². The molecule has 0 aliphatic carbocycles. The first-order valence-corrected chi connectivity index (χ1v) is 10.6. The first-order chi connectivity index (χ1) is 13.5. The average Bonchev–Trinajstić information content (AvgIpc) is 3.23. The van der Waals surface area contributed by atoms with Crippen LogP contribution < -0.4 is 5.32 Å². The Morgan fingerprint density at radius 1 is 1.29 bits per heavy atom. The van der Waals surface area contributed by atoms with Crippen LogP contribution in [0.4, 0.5) is 5.69 Å². The monoisotopic (exact) mass is 409 g/mol. The van der Waals surface area contributed by atoms with Crippen LogP contribution in [0.25, 0.3) is 11.0 Å². The van der Waals surface area contributed by atoms with Gasteiger partial charge in [-0.2, -0.15) is 5.10 Å². The molecule has 0 spiro atoms. The summed E-state index contributed by atoms with van der Waals surface area (Å²) in [4.78, 5) is 21.8. The zero-order chi connectivity index (χ0) is 19.7. The number of nitrogens with one attached hydrogen (secondary N) is 1. The summed E-state index contributed by atoms with van der Waals surface area (Å²) in [5.41, 5.74) is 5.00. The third kappa shape index (κ3) is 3.79. The van der Waals surface area contributed by atoms with E-state index < -0.39 is 0 Å². The van der Waals surface area contributed by atoms with Gasteiger partial charge in [-0.15, -0.1) is 11.3 Å². The van der Waals surface area contributed by atoms with Crippen LogP contribution in [0.1, 0.15) is 27.3 Å². The molecule has 3 aromatic heterocycles. The van der Waals surface area contributed by atoms with Gasteiger partial charge in [-0.25, -0.2) is 9.97 Å². The Hall–Kier alpha value is -2.71. The van der Waals surface area contributed by atoms with Crippen molar-refractivity contribution in [3.63, 3.8) is 0 Å². The van der Waals surface area contributed by atoms with E-state index in [0.717, 1.165) is 32.3 Å². The summed E-state index contributed by atoms with van der Waals surface area (Å²) >= 11 is 3.27. The summed E-state index contributed by atoms with van der Waals surface area (Å²) < 4.78 is 2.75. The van der Waals surface area contributed by atoms with Crippen LogP contribution in [0.3, 0.4) is 0 Å². The molecule has 0 radical (unpaired) electrons. The van der Waals surface area contributed by atoms with Crippen molar-refractivity contribution >= 4 is 45.7 Å². The van der Waals surface area contributed by atoms with E-state index in [-0.39, 0.29) is 5.91 Å². The lowest BCUT2D eigenvalue weighted by molar-refractivity contribution is 0.102. The maximum atomic E-state index is 12.9. The number of carbonyl (C=O) groups is 1. The van der Waals surface area contributed by atoms with Crippen LogP contribution in [0.2, 0.25) is 0 Å². The lowest BCUT2D eigenvalue weighted by Gasteiger charge is -2.10. The van der Waals surface area contributed by atoms with Gasteiger partial charge in [-0.3, -0.25) is 9.48 Å². The molecular weight excluding hydrogens is 390 g/mol. The first kappa shape index (κ1) is 18.6. The minimum atomic E-state index is -0.144. The molecule has 142 valence electrons. The van der Waals surface area contributed by atoms with Crippen molar-refractivity contribution in [2.24, 2.45) is 7.05 Å². The highest BCUT2D eigenvalue weighted by Gasteiger charge is 2.14. The van der Waals surface area contributed by atoms with Crippen molar-refractivity contribution in [1.82, 2.24) is 19.7 Å². The molecule has 0 bridgehead atoms. The van der Waals surface area contributed by atoms with Gasteiger partial charge in [0.25, 0.3) is 5.91 Å². The Balaban J connectivity index is 1.54. The SMILES string of the molecule is Cc1csc(SCc2ccccc2C(=O)Nc2cnc3c(c2)c(C)nn3C)n1. The smallest absolute Gasteiger partial charge is 0.256 e. The number of amides is 1. The lowest BCUT2D eigenvalue weighted by Crippen LogP contribution is -2.14. The second kappa shape index (κ2) is 7.73. The summed E-state index contributed by atoms with van der Waals surface area (Å²) in [7, 11) is 1.86. The molecule has 4 aromatic rings. The molecule has 4 rings (SSSR count). The number of thioether (sulfide) groups is 1. The van der Waals surface area contributed by atoms with Crippen molar-refractivity contribution in [3.8, 4) is 0 Å². The van der Waals surface area contributed by atoms with Gasteiger partial charge in [0.05, 0.1) is 17.6 Å². The summed E-state index contributed by atoms with van der Waals surface area (Å²) in [6.07, 6.45) is 1.66. The molecule has 0 saturated heterocycles. The van der Waals surface area contributed by atoms with Crippen LogP contribution in [0, 0.1) is 13.8 Å². The van der Waals surface area contributed by atoms with Gasteiger partial charge in [-0.1, -0.05) is 30.0 Å². The standard InChI is InChI=1S/C20H19N5OS2/c1-12-10-27-20(22-12)28-11-14-6-4-5-7-16(14)19(26)23-15-8-17-13(2)24-25(3)18(17)21-9-15/h4-10H,11H2,1-3H3,(H,23,26). The highest BCUT2D eigenvalue weighted by Crippen LogP contribution is 2.28.